The summed E-state index contributed by atoms with van der Waals surface area (Å²) < 4.78 is 33.4. The molecule has 3 heterocycles. The van der Waals surface area contributed by atoms with Crippen LogP contribution >= 0.6 is 0 Å². The predicted octanol–water partition coefficient (Wildman–Crippen LogP) is 2.31. The Labute approximate surface area is 293 Å². The zero-order chi connectivity index (χ0) is 35.8. The molecule has 3 fully saturated rings. The molecule has 4 bridgehead atoms. The van der Waals surface area contributed by atoms with Crippen molar-refractivity contribution in [2.45, 2.75) is 113 Å². The van der Waals surface area contributed by atoms with E-state index in [1.165, 1.54) is 11.0 Å². The van der Waals surface area contributed by atoms with Crippen LogP contribution in [0.1, 0.15) is 81.4 Å². The van der Waals surface area contributed by atoms with Gasteiger partial charge in [0.2, 0.25) is 21.8 Å². The van der Waals surface area contributed by atoms with Crippen LogP contribution in [0, 0.1) is 5.92 Å². The zero-order valence-electron chi connectivity index (χ0n) is 28.8. The lowest BCUT2D eigenvalue weighted by Gasteiger charge is -2.30. The number of ether oxygens (including phenoxy) is 1. The summed E-state index contributed by atoms with van der Waals surface area (Å²) in [6.45, 7) is 6.88. The van der Waals surface area contributed by atoms with Gasteiger partial charge in [-0.2, -0.15) is 0 Å². The first-order valence-electron chi connectivity index (χ1n) is 17.7. The van der Waals surface area contributed by atoms with Crippen molar-refractivity contribution in [1.82, 2.24) is 30.1 Å². The van der Waals surface area contributed by atoms with Crippen molar-refractivity contribution in [3.8, 4) is 0 Å². The number of rotatable bonds is 9. The molecule has 1 aromatic carbocycles. The quantitative estimate of drug-likeness (QED) is 0.327. The van der Waals surface area contributed by atoms with Gasteiger partial charge in [-0.25, -0.2) is 18.0 Å². The Balaban J connectivity index is 1.27. The number of amides is 6. The zero-order valence-corrected chi connectivity index (χ0v) is 29.6. The van der Waals surface area contributed by atoms with E-state index in [-0.39, 0.29) is 19.4 Å². The van der Waals surface area contributed by atoms with Gasteiger partial charge >= 0.3 is 12.1 Å². The smallest absolute Gasteiger partial charge is 0.410 e. The van der Waals surface area contributed by atoms with Gasteiger partial charge in [-0.3, -0.25) is 24.0 Å². The van der Waals surface area contributed by atoms with Gasteiger partial charge in [-0.15, -0.1) is 6.58 Å². The van der Waals surface area contributed by atoms with Gasteiger partial charge in [0.15, 0.2) is 0 Å². The average molecular weight is 713 g/mol. The summed E-state index contributed by atoms with van der Waals surface area (Å²) in [5.74, 6) is -2.54. The average Bonchev–Trinajstić information content (AvgIpc) is 3.98. The highest BCUT2D eigenvalue weighted by atomic mass is 32.2. The molecule has 3 N–H and O–H groups in total. The number of nitrogens with one attached hydrogen (secondary N) is 3. The van der Waals surface area contributed by atoms with Crippen LogP contribution in [-0.4, -0.2) is 102 Å². The molecule has 272 valence electrons. The van der Waals surface area contributed by atoms with E-state index in [9.17, 15) is 32.4 Å². The van der Waals surface area contributed by atoms with Gasteiger partial charge in [-0.1, -0.05) is 44.0 Å². The van der Waals surface area contributed by atoms with E-state index in [1.54, 1.807) is 16.8 Å². The molecule has 50 heavy (non-hydrogen) atoms. The largest absolute Gasteiger partial charge is 0.444 e. The van der Waals surface area contributed by atoms with Crippen LogP contribution in [0.25, 0.3) is 0 Å². The number of hydrogen-bond acceptors (Lipinski definition) is 8. The highest BCUT2D eigenvalue weighted by Gasteiger charge is 2.62. The number of carbonyl (C=O) groups is 5. The maximum absolute atomic E-state index is 14.3. The van der Waals surface area contributed by atoms with Crippen molar-refractivity contribution < 1.29 is 37.1 Å². The first-order chi connectivity index (χ1) is 23.9. The van der Waals surface area contributed by atoms with Gasteiger partial charge in [-0.05, 0) is 61.6 Å². The van der Waals surface area contributed by atoms with Crippen molar-refractivity contribution in [1.29, 1.82) is 0 Å². The van der Waals surface area contributed by atoms with Crippen LogP contribution < -0.4 is 15.4 Å². The molecular weight excluding hydrogens is 664 g/mol. The van der Waals surface area contributed by atoms with E-state index in [4.69, 9.17) is 4.74 Å². The Hall–Kier alpha value is -4.14. The summed E-state index contributed by atoms with van der Waals surface area (Å²) in [5.41, 5.74) is 1.74. The number of unbranched alkanes of at least 4 members (excludes halogenated alkanes) is 1. The second-order valence-electron chi connectivity index (χ2n) is 14.4. The fourth-order valence-electron chi connectivity index (χ4n) is 7.36. The molecule has 0 aromatic heterocycles. The van der Waals surface area contributed by atoms with Crippen molar-refractivity contribution in [2.75, 3.05) is 20.1 Å². The molecule has 2 saturated carbocycles. The van der Waals surface area contributed by atoms with Gasteiger partial charge in [0, 0.05) is 39.0 Å². The monoisotopic (exact) mass is 712 g/mol. The molecule has 5 atom stereocenters. The van der Waals surface area contributed by atoms with Crippen molar-refractivity contribution >= 4 is 39.9 Å². The molecule has 2 aliphatic carbocycles. The molecule has 0 unspecified atom stereocenters. The molecule has 1 saturated heterocycles. The van der Waals surface area contributed by atoms with Crippen LogP contribution in [0.15, 0.2) is 30.9 Å². The second kappa shape index (κ2) is 14.2. The molecule has 3 aliphatic heterocycles. The fraction of sp³-hybridized carbons (Fsp3) is 0.629. The van der Waals surface area contributed by atoms with Crippen LogP contribution in [0.5, 0.6) is 0 Å². The number of hydrogen-bond donors (Lipinski definition) is 3. The van der Waals surface area contributed by atoms with Gasteiger partial charge in [0.25, 0.3) is 5.91 Å². The van der Waals surface area contributed by atoms with Gasteiger partial charge in [0.1, 0.15) is 23.7 Å². The van der Waals surface area contributed by atoms with E-state index < -0.39 is 74.8 Å². The van der Waals surface area contributed by atoms with E-state index >= 15 is 0 Å². The maximum atomic E-state index is 14.3. The molecular formula is C35H48N6O8S. The third-order valence-electron chi connectivity index (χ3n) is 10.7. The molecule has 14 nitrogen and oxygen atoms in total. The standard InChI is InChI=1S/C35H48N6O8S/c1-4-6-13-28-31(43)41-20-25(17-29(41)30(42)37-35(18-24(35)5-2)32(44)38-50(47,48)26-14-15-26)49-34(46)40-19-23-12-9-11-22(27(23)21-40)10-7-8-16-39(3)33(45)36-28/h5,9,11-12,24-26,28-29H,2,4,6-8,10,13-21H2,1,3H3,(H,36,45)(H,37,42)(H,38,44)/t24-,25-,28+,29+,35-/m1/s1. The van der Waals surface area contributed by atoms with E-state index in [2.05, 4.69) is 28.0 Å². The summed E-state index contributed by atoms with van der Waals surface area (Å²) in [4.78, 5) is 73.1. The summed E-state index contributed by atoms with van der Waals surface area (Å²) in [6, 6.07) is 3.54. The number of aryl methyl sites for hydroxylation is 1. The summed E-state index contributed by atoms with van der Waals surface area (Å²) in [6.07, 6.45) is 5.23. The predicted molar refractivity (Wildman–Crippen MR) is 183 cm³/mol. The Bertz CT molecular complexity index is 1660. The highest BCUT2D eigenvalue weighted by Crippen LogP contribution is 2.45. The van der Waals surface area contributed by atoms with Crippen LogP contribution in [-0.2, 0) is 48.7 Å². The topological polar surface area (TPSA) is 175 Å². The summed E-state index contributed by atoms with van der Waals surface area (Å²) in [5, 5.41) is 5.00. The van der Waals surface area contributed by atoms with E-state index in [0.717, 1.165) is 42.4 Å². The Morgan fingerprint density at radius 2 is 1.90 bits per heavy atom. The fourth-order valence-corrected chi connectivity index (χ4v) is 8.72. The molecule has 5 aliphatic rings. The summed E-state index contributed by atoms with van der Waals surface area (Å²) >= 11 is 0. The number of fused-ring (bicyclic) bond motifs is 3. The van der Waals surface area contributed by atoms with Crippen LogP contribution in [0.3, 0.4) is 0 Å². The Morgan fingerprint density at radius 1 is 1.14 bits per heavy atom. The molecule has 6 amide bonds. The molecule has 6 rings (SSSR count). The number of benzene rings is 1. The number of sulfonamides is 1. The molecule has 0 radical (unpaired) electrons. The third kappa shape index (κ3) is 7.33. The third-order valence-corrected chi connectivity index (χ3v) is 12.5. The minimum atomic E-state index is -3.89. The van der Waals surface area contributed by atoms with Crippen LogP contribution in [0.2, 0.25) is 0 Å². The molecule has 1 aromatic rings. The normalized spacial score (nSPS) is 28.7. The summed E-state index contributed by atoms with van der Waals surface area (Å²) in [7, 11) is -2.20. The van der Waals surface area contributed by atoms with Crippen LogP contribution in [0.4, 0.5) is 9.59 Å². The second-order valence-corrected chi connectivity index (χ2v) is 16.3. The van der Waals surface area contributed by atoms with E-state index in [0.29, 0.717) is 45.3 Å². The lowest BCUT2D eigenvalue weighted by molar-refractivity contribution is -0.141. The Kier molecular flexibility index (Phi) is 10.2. The molecule has 15 heteroatoms. The van der Waals surface area contributed by atoms with Gasteiger partial charge in [0.05, 0.1) is 11.8 Å². The maximum Gasteiger partial charge on any atom is 0.410 e. The number of nitrogens with zero attached hydrogens (tertiary/aromatic N) is 3. The minimum Gasteiger partial charge on any atom is -0.444 e. The Morgan fingerprint density at radius 3 is 2.60 bits per heavy atom. The number of carbonyl (C=O) groups excluding carboxylic acids is 5. The van der Waals surface area contributed by atoms with Crippen molar-refractivity contribution in [3.05, 3.63) is 47.5 Å². The van der Waals surface area contributed by atoms with Gasteiger partial charge < -0.3 is 25.2 Å². The lowest BCUT2D eigenvalue weighted by Crippen LogP contribution is -2.58. The number of urea groups is 1. The SMILES string of the molecule is C=C[C@@H]1C[C@]1(NC(=O)[C@@H]1C[C@@H]2CN1C(=O)[C@H](CCCC)NC(=O)N(C)CCCCc1cccc3c1CN(C3)C(=O)O2)C(=O)NS(=O)(=O)C1CC1. The van der Waals surface area contributed by atoms with Crippen molar-refractivity contribution in [3.63, 3.8) is 0 Å². The minimum absolute atomic E-state index is 0.0411. The first-order valence-corrected chi connectivity index (χ1v) is 19.3. The molecule has 0 spiro atoms. The first kappa shape index (κ1) is 35.7. The van der Waals surface area contributed by atoms with E-state index in [1.807, 2.05) is 19.1 Å². The van der Waals surface area contributed by atoms with Crippen molar-refractivity contribution in [2.24, 2.45) is 5.92 Å². The lowest BCUT2D eigenvalue weighted by atomic mass is 9.99. The highest BCUT2D eigenvalue weighted by molar-refractivity contribution is 7.91.